The molecule has 3 N–H and O–H groups in total. The second-order valence-electron chi connectivity index (χ2n) is 3.29. The molecule has 1 fully saturated rings. The summed E-state index contributed by atoms with van der Waals surface area (Å²) in [4.78, 5) is 10.8. The van der Waals surface area contributed by atoms with E-state index < -0.39 is 0 Å². The largest absolute Gasteiger partial charge is 0.394 e. The van der Waals surface area contributed by atoms with Crippen molar-refractivity contribution < 1.29 is 9.90 Å². The zero-order valence-corrected chi connectivity index (χ0v) is 7.39. The maximum atomic E-state index is 10.8. The van der Waals surface area contributed by atoms with Gasteiger partial charge >= 0.3 is 0 Å². The van der Waals surface area contributed by atoms with Crippen molar-refractivity contribution in [3.05, 3.63) is 0 Å². The smallest absolute Gasteiger partial charge is 0.221 e. The summed E-state index contributed by atoms with van der Waals surface area (Å²) >= 11 is 0. The van der Waals surface area contributed by atoms with Crippen LogP contribution in [0.4, 0.5) is 0 Å². The van der Waals surface area contributed by atoms with E-state index in [-0.39, 0.29) is 18.1 Å². The van der Waals surface area contributed by atoms with Crippen LogP contribution in [0.15, 0.2) is 0 Å². The molecule has 0 atom stereocenters. The molecule has 0 radical (unpaired) electrons. The molecule has 0 heterocycles. The molecule has 0 aromatic heterocycles. The summed E-state index contributed by atoms with van der Waals surface area (Å²) in [5.41, 5.74) is -0.0476. The van der Waals surface area contributed by atoms with Crippen LogP contribution in [0.1, 0.15) is 19.3 Å². The first-order valence-electron chi connectivity index (χ1n) is 4.29. The third-order valence-corrected chi connectivity index (χ3v) is 2.29. The predicted octanol–water partition coefficient (Wildman–Crippen LogP) is -0.763. The summed E-state index contributed by atoms with van der Waals surface area (Å²) in [6.07, 6.45) is 2.53. The normalized spacial score (nSPS) is 18.8. The van der Waals surface area contributed by atoms with Crippen LogP contribution in [0, 0.1) is 0 Å². The van der Waals surface area contributed by atoms with E-state index in [1.54, 1.807) is 7.05 Å². The Hall–Kier alpha value is -0.610. The van der Waals surface area contributed by atoms with Crippen molar-refractivity contribution in [2.45, 2.75) is 24.8 Å². The monoisotopic (exact) mass is 172 g/mol. The molecular weight excluding hydrogens is 156 g/mol. The first-order chi connectivity index (χ1) is 5.72. The van der Waals surface area contributed by atoms with Crippen molar-refractivity contribution in [3.63, 3.8) is 0 Å². The second kappa shape index (κ2) is 3.87. The van der Waals surface area contributed by atoms with Crippen molar-refractivity contribution in [1.82, 2.24) is 10.6 Å². The van der Waals surface area contributed by atoms with Crippen molar-refractivity contribution in [2.75, 3.05) is 20.2 Å². The minimum Gasteiger partial charge on any atom is -0.394 e. The number of aliphatic hydroxyl groups is 1. The molecule has 4 heteroatoms. The number of amides is 1. The van der Waals surface area contributed by atoms with Gasteiger partial charge in [-0.25, -0.2) is 0 Å². The molecular formula is C8H16N2O2. The highest BCUT2D eigenvalue weighted by molar-refractivity contribution is 5.75. The Morgan fingerprint density at radius 1 is 1.58 bits per heavy atom. The molecule has 0 aliphatic heterocycles. The van der Waals surface area contributed by atoms with Gasteiger partial charge < -0.3 is 15.7 Å². The predicted molar refractivity (Wildman–Crippen MR) is 45.7 cm³/mol. The van der Waals surface area contributed by atoms with Gasteiger partial charge in [-0.05, 0) is 12.8 Å². The highest BCUT2D eigenvalue weighted by Gasteiger charge is 2.41. The summed E-state index contributed by atoms with van der Waals surface area (Å²) in [6.45, 7) is 0.834. The van der Waals surface area contributed by atoms with Gasteiger partial charge in [0.1, 0.15) is 0 Å². The van der Waals surface area contributed by atoms with Crippen LogP contribution in [-0.4, -0.2) is 36.8 Å². The van der Waals surface area contributed by atoms with Gasteiger partial charge in [0.15, 0.2) is 0 Å². The number of hydrogen-bond acceptors (Lipinski definition) is 3. The lowest BCUT2D eigenvalue weighted by atomic mass is 10.3. The number of rotatable bonds is 5. The second-order valence-corrected chi connectivity index (χ2v) is 3.29. The summed E-state index contributed by atoms with van der Waals surface area (Å²) in [5.74, 6) is 0.0382. The first kappa shape index (κ1) is 9.48. The summed E-state index contributed by atoms with van der Waals surface area (Å²) in [6, 6.07) is 0. The van der Waals surface area contributed by atoms with E-state index in [1.165, 1.54) is 0 Å². The van der Waals surface area contributed by atoms with E-state index in [4.69, 9.17) is 5.11 Å². The van der Waals surface area contributed by atoms with Gasteiger partial charge in [0, 0.05) is 25.6 Å². The highest BCUT2D eigenvalue weighted by atomic mass is 16.3. The molecule has 1 saturated carbocycles. The molecule has 0 unspecified atom stereocenters. The van der Waals surface area contributed by atoms with Crippen LogP contribution in [0.2, 0.25) is 0 Å². The standard InChI is InChI=1S/C8H16N2O2/c1-9-7(12)2-5-10-8(6-11)3-4-8/h10-11H,2-6H2,1H3,(H,9,12). The van der Waals surface area contributed by atoms with E-state index in [2.05, 4.69) is 10.6 Å². The topological polar surface area (TPSA) is 61.4 Å². The van der Waals surface area contributed by atoms with Crippen LogP contribution in [-0.2, 0) is 4.79 Å². The number of carbonyl (C=O) groups is 1. The lowest BCUT2D eigenvalue weighted by Gasteiger charge is -2.12. The maximum Gasteiger partial charge on any atom is 0.221 e. The van der Waals surface area contributed by atoms with Gasteiger partial charge in [-0.2, -0.15) is 0 Å². The molecule has 0 aromatic carbocycles. The third-order valence-electron chi connectivity index (χ3n) is 2.29. The molecule has 1 amide bonds. The van der Waals surface area contributed by atoms with E-state index in [0.717, 1.165) is 12.8 Å². The number of aliphatic hydroxyl groups excluding tert-OH is 1. The van der Waals surface area contributed by atoms with Crippen LogP contribution in [0.5, 0.6) is 0 Å². The fourth-order valence-electron chi connectivity index (χ4n) is 1.11. The zero-order valence-electron chi connectivity index (χ0n) is 7.39. The molecule has 0 bridgehead atoms. The average Bonchev–Trinajstić information content (AvgIpc) is 2.85. The Morgan fingerprint density at radius 2 is 2.25 bits per heavy atom. The minimum absolute atomic E-state index is 0.0382. The summed E-state index contributed by atoms with van der Waals surface area (Å²) < 4.78 is 0. The summed E-state index contributed by atoms with van der Waals surface area (Å²) in [7, 11) is 1.63. The number of hydrogen-bond donors (Lipinski definition) is 3. The zero-order chi connectivity index (χ0) is 9.03. The van der Waals surface area contributed by atoms with Crippen LogP contribution in [0.25, 0.3) is 0 Å². The van der Waals surface area contributed by atoms with Crippen molar-refractivity contribution in [2.24, 2.45) is 0 Å². The fourth-order valence-corrected chi connectivity index (χ4v) is 1.11. The van der Waals surface area contributed by atoms with Gasteiger partial charge in [0.2, 0.25) is 5.91 Å². The first-order valence-corrected chi connectivity index (χ1v) is 4.29. The van der Waals surface area contributed by atoms with Gasteiger partial charge in [-0.15, -0.1) is 0 Å². The van der Waals surface area contributed by atoms with Crippen LogP contribution >= 0.6 is 0 Å². The molecule has 12 heavy (non-hydrogen) atoms. The van der Waals surface area contributed by atoms with E-state index >= 15 is 0 Å². The van der Waals surface area contributed by atoms with Gasteiger partial charge in [0.05, 0.1) is 6.61 Å². The van der Waals surface area contributed by atoms with Crippen molar-refractivity contribution in [1.29, 1.82) is 0 Å². The molecule has 0 saturated heterocycles. The average molecular weight is 172 g/mol. The molecule has 0 aromatic rings. The Morgan fingerprint density at radius 3 is 2.67 bits per heavy atom. The van der Waals surface area contributed by atoms with Crippen molar-refractivity contribution >= 4 is 5.91 Å². The van der Waals surface area contributed by atoms with E-state index in [1.807, 2.05) is 0 Å². The Balaban J connectivity index is 2.06. The van der Waals surface area contributed by atoms with Crippen molar-refractivity contribution in [3.8, 4) is 0 Å². The molecule has 4 nitrogen and oxygen atoms in total. The fraction of sp³-hybridized carbons (Fsp3) is 0.875. The van der Waals surface area contributed by atoms with Gasteiger partial charge in [0.25, 0.3) is 0 Å². The highest BCUT2D eigenvalue weighted by Crippen LogP contribution is 2.34. The third kappa shape index (κ3) is 2.46. The molecule has 1 aliphatic rings. The minimum atomic E-state index is -0.0476. The van der Waals surface area contributed by atoms with E-state index in [9.17, 15) is 4.79 Å². The van der Waals surface area contributed by atoms with Crippen LogP contribution < -0.4 is 10.6 Å². The number of carbonyl (C=O) groups excluding carboxylic acids is 1. The lowest BCUT2D eigenvalue weighted by Crippen LogP contribution is -2.37. The summed E-state index contributed by atoms with van der Waals surface area (Å²) in [5, 5.41) is 14.6. The van der Waals surface area contributed by atoms with Crippen LogP contribution in [0.3, 0.4) is 0 Å². The maximum absolute atomic E-state index is 10.8. The molecule has 1 aliphatic carbocycles. The molecule has 0 spiro atoms. The SMILES string of the molecule is CNC(=O)CCNC1(CO)CC1. The van der Waals surface area contributed by atoms with Gasteiger partial charge in [-0.3, -0.25) is 4.79 Å². The number of nitrogens with one attached hydrogen (secondary N) is 2. The Bertz CT molecular complexity index is 166. The molecule has 1 rings (SSSR count). The van der Waals surface area contributed by atoms with E-state index in [0.29, 0.717) is 13.0 Å². The van der Waals surface area contributed by atoms with Gasteiger partial charge in [-0.1, -0.05) is 0 Å². The Labute approximate surface area is 72.3 Å². The molecule has 70 valence electrons. The Kier molecular flexibility index (Phi) is 3.05. The quantitative estimate of drug-likeness (QED) is 0.510. The lowest BCUT2D eigenvalue weighted by molar-refractivity contribution is -0.120.